The zero-order chi connectivity index (χ0) is 36.7. The third kappa shape index (κ3) is 12.2. The number of amides is 3. The van der Waals surface area contributed by atoms with E-state index in [9.17, 15) is 49.0 Å². The summed E-state index contributed by atoms with van der Waals surface area (Å²) in [6.07, 6.45) is 6.35. The molecule has 1 saturated heterocycles. The Hall–Kier alpha value is -6.01. The zero-order valence-electron chi connectivity index (χ0n) is 26.7. The summed E-state index contributed by atoms with van der Waals surface area (Å²) in [5.74, 6) is -3.20. The first-order valence-corrected chi connectivity index (χ1v) is 14.3. The molecule has 0 radical (unpaired) electrons. The number of methoxy groups -OCH3 is 2. The summed E-state index contributed by atoms with van der Waals surface area (Å²) >= 11 is 0. The molecule has 50 heavy (non-hydrogen) atoms. The second kappa shape index (κ2) is 20.4. The number of nitro benzene ring substituents is 2. The molecule has 2 atom stereocenters. The van der Waals surface area contributed by atoms with Crippen LogP contribution in [-0.4, -0.2) is 76.5 Å². The Morgan fingerprint density at radius 1 is 0.900 bits per heavy atom. The van der Waals surface area contributed by atoms with Crippen molar-refractivity contribution in [3.8, 4) is 0 Å². The molecule has 0 aromatic heterocycles. The topological polar surface area (TPSA) is 277 Å². The largest absolute Gasteiger partial charge is 0.504 e. The van der Waals surface area contributed by atoms with Crippen molar-refractivity contribution in [2.24, 2.45) is 5.73 Å². The lowest BCUT2D eigenvalue weighted by atomic mass is 9.92. The Morgan fingerprint density at radius 3 is 1.86 bits per heavy atom. The SMILES string of the molecule is CO/C=C/c1cccc([N+](=O)[O-])c1C(=O)NC1CCC(=O)CC1=O.CO/C=C/c1cccc([N+](=O)[O-])c1C(=O)O.Cl.NC1CCC(=O)NC1=O. The van der Waals surface area contributed by atoms with Crippen molar-refractivity contribution in [2.45, 2.75) is 44.2 Å². The van der Waals surface area contributed by atoms with Crippen LogP contribution >= 0.6 is 12.4 Å². The van der Waals surface area contributed by atoms with Gasteiger partial charge in [0.15, 0.2) is 5.78 Å². The van der Waals surface area contributed by atoms with Crippen molar-refractivity contribution in [3.05, 3.63) is 91.4 Å². The number of ketones is 2. The molecule has 18 nitrogen and oxygen atoms in total. The van der Waals surface area contributed by atoms with Gasteiger partial charge in [-0.25, -0.2) is 4.79 Å². The average molecular weight is 720 g/mol. The van der Waals surface area contributed by atoms with Gasteiger partial charge in [-0.15, -0.1) is 12.4 Å². The van der Waals surface area contributed by atoms with E-state index in [2.05, 4.69) is 15.4 Å². The molecule has 1 aliphatic carbocycles. The Bertz CT molecular complexity index is 1690. The summed E-state index contributed by atoms with van der Waals surface area (Å²) < 4.78 is 9.42. The number of rotatable bonds is 9. The van der Waals surface area contributed by atoms with Crippen molar-refractivity contribution >= 4 is 71.2 Å². The molecule has 2 fully saturated rings. The molecular formula is C31H34ClN5O13. The molecule has 2 unspecified atom stereocenters. The number of nitrogens with one attached hydrogen (secondary N) is 2. The molecule has 268 valence electrons. The van der Waals surface area contributed by atoms with Crippen LogP contribution in [0.2, 0.25) is 0 Å². The lowest BCUT2D eigenvalue weighted by Gasteiger charge is -2.21. The van der Waals surface area contributed by atoms with Gasteiger partial charge in [-0.3, -0.25) is 49.5 Å². The van der Waals surface area contributed by atoms with E-state index in [-0.39, 0.29) is 77.4 Å². The Morgan fingerprint density at radius 2 is 1.42 bits per heavy atom. The first kappa shape index (κ1) is 42.0. The summed E-state index contributed by atoms with van der Waals surface area (Å²) in [5, 5.41) is 35.4. The molecule has 1 heterocycles. The fourth-order valence-corrected chi connectivity index (χ4v) is 4.43. The normalized spacial score (nSPS) is 16.9. The quantitative estimate of drug-likeness (QED) is 0.0953. The number of nitrogens with two attached hydrogens (primary N) is 1. The number of carbonyl (C=O) groups excluding carboxylic acids is 5. The van der Waals surface area contributed by atoms with Crippen molar-refractivity contribution in [2.75, 3.05) is 14.2 Å². The second-order valence-electron chi connectivity index (χ2n) is 10.2. The minimum atomic E-state index is -1.34. The molecule has 19 heteroatoms. The maximum atomic E-state index is 12.5. The van der Waals surface area contributed by atoms with Gasteiger partial charge in [-0.1, -0.05) is 24.3 Å². The van der Waals surface area contributed by atoms with Gasteiger partial charge in [0.2, 0.25) is 11.8 Å². The van der Waals surface area contributed by atoms with Crippen LogP contribution in [0.25, 0.3) is 12.2 Å². The molecule has 4 rings (SSSR count). The maximum Gasteiger partial charge on any atom is 0.343 e. The van der Waals surface area contributed by atoms with Crippen LogP contribution in [0, 0.1) is 20.2 Å². The minimum absolute atomic E-state index is 0. The van der Waals surface area contributed by atoms with Gasteiger partial charge in [-0.05, 0) is 36.1 Å². The summed E-state index contributed by atoms with van der Waals surface area (Å²) in [4.78, 5) is 88.0. The number of hydrogen-bond acceptors (Lipinski definition) is 13. The number of benzene rings is 2. The van der Waals surface area contributed by atoms with E-state index in [0.29, 0.717) is 18.4 Å². The van der Waals surface area contributed by atoms with Gasteiger partial charge >= 0.3 is 5.97 Å². The standard InChI is InChI=1S/C16H16N2O6.C10H9NO5.C5H8N2O2.ClH/c1-24-8-7-10-3-2-4-13(18(22)23)15(10)16(21)17-12-6-5-11(19)9-14(12)20;1-16-6-5-7-3-2-4-8(11(14)15)9(7)10(12)13;6-3-1-2-4(8)7-5(3)9;/h2-4,7-8,12H,5-6,9H2,1H3,(H,17,21);2-6H,1H3,(H,12,13);3H,1-2,6H2,(H,7,8,9);1H/b8-7+;6-5+;;. The van der Waals surface area contributed by atoms with E-state index in [4.69, 9.17) is 15.6 Å². The fourth-order valence-electron chi connectivity index (χ4n) is 4.43. The first-order chi connectivity index (χ1) is 23.2. The number of aromatic carboxylic acids is 1. The molecule has 2 aliphatic rings. The highest BCUT2D eigenvalue weighted by Gasteiger charge is 2.31. The number of piperidine rings is 1. The van der Waals surface area contributed by atoms with Gasteiger partial charge < -0.3 is 25.6 Å². The lowest BCUT2D eigenvalue weighted by Crippen LogP contribution is -2.48. The van der Waals surface area contributed by atoms with Crippen molar-refractivity contribution in [3.63, 3.8) is 0 Å². The molecule has 2 aromatic carbocycles. The first-order valence-electron chi connectivity index (χ1n) is 14.3. The van der Waals surface area contributed by atoms with Gasteiger partial charge in [0.1, 0.15) is 16.9 Å². The molecule has 1 aliphatic heterocycles. The smallest absolute Gasteiger partial charge is 0.343 e. The van der Waals surface area contributed by atoms with E-state index in [1.165, 1.54) is 69.2 Å². The number of nitro groups is 2. The number of imide groups is 1. The number of carboxylic acid groups (broad SMARTS) is 1. The van der Waals surface area contributed by atoms with Crippen LogP contribution in [0.4, 0.5) is 11.4 Å². The molecule has 1 saturated carbocycles. The number of hydrogen-bond donors (Lipinski definition) is 4. The molecular weight excluding hydrogens is 686 g/mol. The summed E-state index contributed by atoms with van der Waals surface area (Å²) in [7, 11) is 2.81. The van der Waals surface area contributed by atoms with Crippen LogP contribution < -0.4 is 16.4 Å². The Balaban J connectivity index is 0.000000413. The fraction of sp³-hybridized carbons (Fsp3) is 0.290. The zero-order valence-corrected chi connectivity index (χ0v) is 27.5. The molecule has 5 N–H and O–H groups in total. The van der Waals surface area contributed by atoms with Gasteiger partial charge in [0.25, 0.3) is 17.3 Å². The van der Waals surface area contributed by atoms with Gasteiger partial charge in [0.05, 0.1) is 55.1 Å². The Labute approximate surface area is 290 Å². The van der Waals surface area contributed by atoms with Crippen LogP contribution in [0.3, 0.4) is 0 Å². The highest BCUT2D eigenvalue weighted by atomic mass is 35.5. The highest BCUT2D eigenvalue weighted by Crippen LogP contribution is 2.25. The number of Topliss-reactive ketones (excluding diaryl/α,β-unsaturated/α-hetero) is 2. The van der Waals surface area contributed by atoms with Crippen LogP contribution in [0.1, 0.15) is 63.9 Å². The number of nitrogens with zero attached hydrogens (tertiary/aromatic N) is 2. The van der Waals surface area contributed by atoms with E-state index in [1.807, 2.05) is 0 Å². The van der Waals surface area contributed by atoms with Gasteiger partial charge in [0, 0.05) is 25.0 Å². The minimum Gasteiger partial charge on any atom is -0.504 e. The molecule has 0 bridgehead atoms. The monoisotopic (exact) mass is 719 g/mol. The summed E-state index contributed by atoms with van der Waals surface area (Å²) in [6.45, 7) is 0. The van der Waals surface area contributed by atoms with Crippen molar-refractivity contribution in [1.29, 1.82) is 0 Å². The van der Waals surface area contributed by atoms with Crippen molar-refractivity contribution < 1.29 is 53.2 Å². The molecule has 2 aromatic rings. The number of carbonyl (C=O) groups is 6. The van der Waals surface area contributed by atoms with Crippen LogP contribution in [0.15, 0.2) is 48.9 Å². The van der Waals surface area contributed by atoms with E-state index >= 15 is 0 Å². The van der Waals surface area contributed by atoms with Crippen LogP contribution in [0.5, 0.6) is 0 Å². The Kier molecular flexibility index (Phi) is 17.1. The van der Waals surface area contributed by atoms with E-state index < -0.39 is 39.5 Å². The average Bonchev–Trinajstić information content (AvgIpc) is 3.05. The van der Waals surface area contributed by atoms with E-state index in [1.54, 1.807) is 0 Å². The maximum absolute atomic E-state index is 12.5. The second-order valence-corrected chi connectivity index (χ2v) is 10.2. The van der Waals surface area contributed by atoms with Gasteiger partial charge in [-0.2, -0.15) is 0 Å². The third-order valence-electron chi connectivity index (χ3n) is 6.81. The molecule has 3 amide bonds. The highest BCUT2D eigenvalue weighted by molar-refractivity contribution is 6.08. The predicted octanol–water partition coefficient (Wildman–Crippen LogP) is 2.71. The summed E-state index contributed by atoms with van der Waals surface area (Å²) in [6, 6.07) is 6.93. The van der Waals surface area contributed by atoms with E-state index in [0.717, 1.165) is 6.07 Å². The van der Waals surface area contributed by atoms with Crippen LogP contribution in [-0.2, 0) is 28.7 Å². The summed E-state index contributed by atoms with van der Waals surface area (Å²) in [5.41, 5.74) is 4.49. The number of ether oxygens (including phenoxy) is 2. The number of carboxylic acids is 1. The van der Waals surface area contributed by atoms with Crippen molar-refractivity contribution in [1.82, 2.24) is 10.6 Å². The lowest BCUT2D eigenvalue weighted by molar-refractivity contribution is -0.385. The predicted molar refractivity (Wildman–Crippen MR) is 178 cm³/mol. The molecule has 0 spiro atoms. The third-order valence-corrected chi connectivity index (χ3v) is 6.81. The number of halogens is 1.